The highest BCUT2D eigenvalue weighted by molar-refractivity contribution is 5.44. The number of likely N-dealkylation sites (N-methyl/N-ethyl adjacent to an activating group) is 1. The van der Waals surface area contributed by atoms with Crippen molar-refractivity contribution in [1.82, 2.24) is 14.9 Å². The Morgan fingerprint density at radius 3 is 2.82 bits per heavy atom. The highest BCUT2D eigenvalue weighted by Crippen LogP contribution is 2.32. The van der Waals surface area contributed by atoms with Gasteiger partial charge in [0.2, 0.25) is 0 Å². The summed E-state index contributed by atoms with van der Waals surface area (Å²) >= 11 is 0. The van der Waals surface area contributed by atoms with Crippen molar-refractivity contribution in [3.63, 3.8) is 0 Å². The lowest BCUT2D eigenvalue weighted by Crippen LogP contribution is -2.45. The van der Waals surface area contributed by atoms with Crippen molar-refractivity contribution in [2.45, 2.75) is 64.3 Å². The maximum atomic E-state index is 6.15. The van der Waals surface area contributed by atoms with Crippen LogP contribution in [0.2, 0.25) is 0 Å². The van der Waals surface area contributed by atoms with Gasteiger partial charge in [-0.05, 0) is 58.7 Å². The van der Waals surface area contributed by atoms with Crippen LogP contribution in [0.25, 0.3) is 0 Å². The number of aromatic nitrogens is 1. The Balaban J connectivity index is 1.47. The van der Waals surface area contributed by atoms with Crippen molar-refractivity contribution in [3.8, 4) is 0 Å². The molecule has 2 saturated heterocycles. The first-order valence-corrected chi connectivity index (χ1v) is 10.4. The highest BCUT2D eigenvalue weighted by Gasteiger charge is 2.41. The molecule has 1 aromatic heterocycles. The van der Waals surface area contributed by atoms with Crippen LogP contribution in [-0.4, -0.2) is 59.8 Å². The summed E-state index contributed by atoms with van der Waals surface area (Å²) in [4.78, 5) is 9.74. The Labute approximate surface area is 169 Å². The van der Waals surface area contributed by atoms with Gasteiger partial charge >= 0.3 is 0 Å². The third kappa shape index (κ3) is 5.59. The fraction of sp³-hybridized carbons (Fsp3) is 0.667. The first-order valence-electron chi connectivity index (χ1n) is 10.4. The van der Waals surface area contributed by atoms with Crippen LogP contribution in [0.5, 0.6) is 0 Å². The summed E-state index contributed by atoms with van der Waals surface area (Å²) in [5.41, 5.74) is 7.88. The molecule has 7 nitrogen and oxygen atoms in total. The molecule has 0 aromatic carbocycles. The number of anilines is 1. The standard InChI is InChI=1S/C21H36N6O/c1-16(2)28-10-5-4-7-17(22)12-26(23)13-18-8-6-9-21(24-18)27-15-19-11-20(27)14-25(19)3/h6,8-9,12,16,19-20H,4-5,7,10-11,13-15,22-23H2,1-3H3/b17-12-. The molecule has 7 heteroatoms. The van der Waals surface area contributed by atoms with Gasteiger partial charge in [0.15, 0.2) is 0 Å². The number of piperazine rings is 1. The van der Waals surface area contributed by atoms with Gasteiger partial charge in [-0.1, -0.05) is 6.07 Å². The largest absolute Gasteiger partial charge is 0.401 e. The van der Waals surface area contributed by atoms with E-state index in [4.69, 9.17) is 21.3 Å². The van der Waals surface area contributed by atoms with Crippen LogP contribution < -0.4 is 16.5 Å². The number of nitrogens with zero attached hydrogens (tertiary/aromatic N) is 4. The molecule has 3 rings (SSSR count). The van der Waals surface area contributed by atoms with Gasteiger partial charge in [0.1, 0.15) is 5.82 Å². The molecule has 2 bridgehead atoms. The fourth-order valence-electron chi connectivity index (χ4n) is 4.12. The summed E-state index contributed by atoms with van der Waals surface area (Å²) in [5.74, 6) is 7.21. The fourth-order valence-corrected chi connectivity index (χ4v) is 4.12. The Morgan fingerprint density at radius 2 is 2.14 bits per heavy atom. The zero-order valence-corrected chi connectivity index (χ0v) is 17.6. The number of hydrogen-bond acceptors (Lipinski definition) is 7. The number of fused-ring (bicyclic) bond motifs is 2. The van der Waals surface area contributed by atoms with E-state index in [1.807, 2.05) is 12.3 Å². The van der Waals surface area contributed by atoms with Crippen molar-refractivity contribution < 1.29 is 4.74 Å². The number of rotatable bonds is 10. The monoisotopic (exact) mass is 388 g/mol. The van der Waals surface area contributed by atoms with Crippen molar-refractivity contribution in [2.24, 2.45) is 11.6 Å². The predicted molar refractivity (Wildman–Crippen MR) is 113 cm³/mol. The summed E-state index contributed by atoms with van der Waals surface area (Å²) in [6, 6.07) is 7.45. The molecular formula is C21H36N6O. The number of hydrazine groups is 1. The van der Waals surface area contributed by atoms with Crippen LogP contribution in [0.15, 0.2) is 30.1 Å². The zero-order chi connectivity index (χ0) is 20.1. The summed E-state index contributed by atoms with van der Waals surface area (Å²) in [6.07, 6.45) is 6.19. The molecule has 2 aliphatic rings. The van der Waals surface area contributed by atoms with E-state index in [2.05, 4.69) is 42.8 Å². The Bertz CT molecular complexity index is 662. The topological polar surface area (TPSA) is 83.9 Å². The number of nitrogens with two attached hydrogens (primary N) is 2. The third-order valence-electron chi connectivity index (χ3n) is 5.59. The Hall–Kier alpha value is -1.83. The van der Waals surface area contributed by atoms with Gasteiger partial charge in [0.05, 0.1) is 18.3 Å². The van der Waals surface area contributed by atoms with E-state index >= 15 is 0 Å². The van der Waals surface area contributed by atoms with Crippen LogP contribution in [0.4, 0.5) is 5.82 Å². The average Bonchev–Trinajstić information content (AvgIpc) is 3.20. The van der Waals surface area contributed by atoms with Crippen LogP contribution in [0, 0.1) is 0 Å². The maximum absolute atomic E-state index is 6.15. The molecule has 2 unspecified atom stereocenters. The quantitative estimate of drug-likeness (QED) is 0.360. The zero-order valence-electron chi connectivity index (χ0n) is 17.6. The van der Waals surface area contributed by atoms with Gasteiger partial charge in [0.25, 0.3) is 0 Å². The minimum atomic E-state index is 0.285. The van der Waals surface area contributed by atoms with E-state index in [1.165, 1.54) is 6.42 Å². The molecule has 3 heterocycles. The smallest absolute Gasteiger partial charge is 0.129 e. The summed E-state index contributed by atoms with van der Waals surface area (Å²) < 4.78 is 5.55. The molecule has 2 aliphatic heterocycles. The predicted octanol–water partition coefficient (Wildman–Crippen LogP) is 2.05. The molecule has 4 N–H and O–H groups in total. The lowest BCUT2D eigenvalue weighted by molar-refractivity contribution is 0.0760. The summed E-state index contributed by atoms with van der Waals surface area (Å²) in [7, 11) is 2.21. The molecule has 2 fully saturated rings. The maximum Gasteiger partial charge on any atom is 0.129 e. The van der Waals surface area contributed by atoms with E-state index in [1.54, 1.807) is 5.01 Å². The molecule has 156 valence electrons. The van der Waals surface area contributed by atoms with Crippen molar-refractivity contribution in [3.05, 3.63) is 35.8 Å². The van der Waals surface area contributed by atoms with Gasteiger partial charge < -0.3 is 20.4 Å². The SMILES string of the molecule is CC(C)OCCCC/C(N)=C/N(N)Cc1cccc(N2CC3CC2CN3C)n1. The van der Waals surface area contributed by atoms with Gasteiger partial charge in [-0.25, -0.2) is 10.8 Å². The van der Waals surface area contributed by atoms with Crippen molar-refractivity contribution >= 4 is 5.82 Å². The van der Waals surface area contributed by atoms with Gasteiger partial charge in [0, 0.05) is 43.7 Å². The molecule has 28 heavy (non-hydrogen) atoms. The molecule has 0 amide bonds. The number of ether oxygens (including phenoxy) is 1. The number of unbranched alkanes of at least 4 members (excludes halogenated alkanes) is 1. The Kier molecular flexibility index (Phi) is 7.15. The lowest BCUT2D eigenvalue weighted by atomic mass is 10.2. The van der Waals surface area contributed by atoms with Crippen LogP contribution in [0.3, 0.4) is 0 Å². The number of likely N-dealkylation sites (tertiary alicyclic amines) is 1. The van der Waals surface area contributed by atoms with E-state index in [0.29, 0.717) is 18.6 Å². The normalized spacial score (nSPS) is 22.5. The second kappa shape index (κ2) is 9.58. The van der Waals surface area contributed by atoms with Crippen LogP contribution >= 0.6 is 0 Å². The molecule has 1 aromatic rings. The molecule has 0 aliphatic carbocycles. The lowest BCUT2D eigenvalue weighted by Gasteiger charge is -2.33. The number of allylic oxidation sites excluding steroid dienone is 1. The van der Waals surface area contributed by atoms with Crippen molar-refractivity contribution in [1.29, 1.82) is 0 Å². The van der Waals surface area contributed by atoms with E-state index in [9.17, 15) is 0 Å². The highest BCUT2D eigenvalue weighted by atomic mass is 16.5. The first kappa shape index (κ1) is 20.9. The van der Waals surface area contributed by atoms with E-state index in [0.717, 1.165) is 56.2 Å². The molecule has 0 radical (unpaired) electrons. The van der Waals surface area contributed by atoms with E-state index in [-0.39, 0.29) is 6.10 Å². The van der Waals surface area contributed by atoms with Gasteiger partial charge in [-0.15, -0.1) is 0 Å². The molecule has 0 spiro atoms. The molecular weight excluding hydrogens is 352 g/mol. The second-order valence-corrected chi connectivity index (χ2v) is 8.38. The average molecular weight is 389 g/mol. The van der Waals surface area contributed by atoms with E-state index < -0.39 is 0 Å². The van der Waals surface area contributed by atoms with Crippen molar-refractivity contribution in [2.75, 3.05) is 31.6 Å². The van der Waals surface area contributed by atoms with Crippen LogP contribution in [0.1, 0.15) is 45.2 Å². The number of pyridine rings is 1. The molecule has 2 atom stereocenters. The first-order chi connectivity index (χ1) is 13.4. The summed E-state index contributed by atoms with van der Waals surface area (Å²) in [5, 5.41) is 1.63. The minimum Gasteiger partial charge on any atom is -0.401 e. The minimum absolute atomic E-state index is 0.285. The third-order valence-corrected chi connectivity index (χ3v) is 5.59. The van der Waals surface area contributed by atoms with Gasteiger partial charge in [-0.2, -0.15) is 0 Å². The molecule has 0 saturated carbocycles. The second-order valence-electron chi connectivity index (χ2n) is 8.38. The number of hydrogen-bond donors (Lipinski definition) is 2. The van der Waals surface area contributed by atoms with Crippen LogP contribution in [-0.2, 0) is 11.3 Å². The van der Waals surface area contributed by atoms with Gasteiger partial charge in [-0.3, -0.25) is 4.90 Å². The summed E-state index contributed by atoms with van der Waals surface area (Å²) in [6.45, 7) is 7.62. The Morgan fingerprint density at radius 1 is 1.32 bits per heavy atom.